The molecule has 3 rings (SSSR count). The van der Waals surface area contributed by atoms with Crippen LogP contribution in [0, 0.1) is 0 Å². The molecule has 0 atom stereocenters. The molecule has 0 bridgehead atoms. The highest BCUT2D eigenvalue weighted by Gasteiger charge is 2.11. The van der Waals surface area contributed by atoms with E-state index in [1.165, 1.54) is 22.3 Å². The van der Waals surface area contributed by atoms with Gasteiger partial charge in [0.15, 0.2) is 0 Å². The third-order valence-electron chi connectivity index (χ3n) is 3.01. The van der Waals surface area contributed by atoms with Crippen molar-refractivity contribution in [2.24, 2.45) is 0 Å². The van der Waals surface area contributed by atoms with Gasteiger partial charge in [0.1, 0.15) is 0 Å². The third-order valence-corrected chi connectivity index (χ3v) is 3.01. The first-order valence-electron chi connectivity index (χ1n) is 5.42. The summed E-state index contributed by atoms with van der Waals surface area (Å²) in [6, 6.07) is 16.8. The molecule has 0 unspecified atom stereocenters. The molecule has 2 aromatic rings. The van der Waals surface area contributed by atoms with Gasteiger partial charge in [0, 0.05) is 0 Å². The molecule has 0 fully saturated rings. The van der Waals surface area contributed by atoms with E-state index in [9.17, 15) is 0 Å². The maximum absolute atomic E-state index is 4.22. The van der Waals surface area contributed by atoms with Gasteiger partial charge in [-0.25, -0.2) is 0 Å². The minimum Gasteiger partial charge on any atom is -0.0905 e. The van der Waals surface area contributed by atoms with Crippen LogP contribution >= 0.6 is 0 Å². The van der Waals surface area contributed by atoms with E-state index < -0.39 is 0 Å². The van der Waals surface area contributed by atoms with Gasteiger partial charge in [-0.2, -0.15) is 0 Å². The first kappa shape index (κ1) is 11.4. The molecule has 84 valence electrons. The minimum absolute atomic E-state index is 0. The molecule has 2 aromatic carbocycles. The van der Waals surface area contributed by atoms with Crippen LogP contribution < -0.4 is 0 Å². The zero-order valence-corrected chi connectivity index (χ0v) is 8.98. The number of hydrogen-bond donors (Lipinski definition) is 0. The van der Waals surface area contributed by atoms with Crippen molar-refractivity contribution in [2.45, 2.75) is 7.43 Å². The van der Waals surface area contributed by atoms with Crippen LogP contribution in [-0.4, -0.2) is 0 Å². The van der Waals surface area contributed by atoms with Gasteiger partial charge in [-0.05, 0) is 27.8 Å². The summed E-state index contributed by atoms with van der Waals surface area (Å²) in [6.45, 7) is 4.22. The summed E-state index contributed by atoms with van der Waals surface area (Å²) in [4.78, 5) is 0. The summed E-state index contributed by atoms with van der Waals surface area (Å²) in [7, 11) is 0. The molecular formula is C17H16. The first-order chi connectivity index (χ1) is 7.86. The van der Waals surface area contributed by atoms with E-state index >= 15 is 0 Å². The smallest absolute Gasteiger partial charge is 0.0111 e. The lowest BCUT2D eigenvalue weighted by atomic mass is 9.95. The van der Waals surface area contributed by atoms with Crippen LogP contribution in [-0.2, 0) is 0 Å². The summed E-state index contributed by atoms with van der Waals surface area (Å²) in [5, 5.41) is 0. The molecular weight excluding hydrogens is 204 g/mol. The standard InChI is InChI=1S/C16H12.CH4/c1-12-15-8-4-2-6-13(15)10-11-14-7-3-5-9-16(12)14;/h2-11H,1H2;1H4. The monoisotopic (exact) mass is 220 g/mol. The second-order valence-corrected chi connectivity index (χ2v) is 3.99. The summed E-state index contributed by atoms with van der Waals surface area (Å²) in [5.41, 5.74) is 6.04. The fourth-order valence-corrected chi connectivity index (χ4v) is 2.16. The van der Waals surface area contributed by atoms with Gasteiger partial charge < -0.3 is 0 Å². The van der Waals surface area contributed by atoms with Gasteiger partial charge in [0.2, 0.25) is 0 Å². The predicted octanol–water partition coefficient (Wildman–Crippen LogP) is 4.87. The molecule has 0 amide bonds. The van der Waals surface area contributed by atoms with Crippen molar-refractivity contribution in [1.82, 2.24) is 0 Å². The van der Waals surface area contributed by atoms with Crippen LogP contribution in [0.3, 0.4) is 0 Å². The molecule has 0 saturated carbocycles. The second-order valence-electron chi connectivity index (χ2n) is 3.99. The Hall–Kier alpha value is -2.08. The molecule has 0 radical (unpaired) electrons. The lowest BCUT2D eigenvalue weighted by Gasteiger charge is -2.09. The molecule has 0 heteroatoms. The van der Waals surface area contributed by atoms with Crippen molar-refractivity contribution in [3.63, 3.8) is 0 Å². The highest BCUT2D eigenvalue weighted by molar-refractivity contribution is 5.92. The zero-order valence-electron chi connectivity index (χ0n) is 8.98. The van der Waals surface area contributed by atoms with E-state index in [2.05, 4.69) is 67.3 Å². The molecule has 0 spiro atoms. The van der Waals surface area contributed by atoms with E-state index in [4.69, 9.17) is 0 Å². The Morgan fingerprint density at radius 1 is 0.647 bits per heavy atom. The second kappa shape index (κ2) is 4.42. The van der Waals surface area contributed by atoms with Crippen LogP contribution in [0.15, 0.2) is 55.1 Å². The molecule has 0 heterocycles. The molecule has 1 aliphatic rings. The van der Waals surface area contributed by atoms with Gasteiger partial charge in [-0.1, -0.05) is 74.7 Å². The fraction of sp³-hybridized carbons (Fsp3) is 0.0588. The van der Waals surface area contributed by atoms with Crippen LogP contribution in [0.5, 0.6) is 0 Å². The average molecular weight is 220 g/mol. The molecule has 0 aliphatic heterocycles. The Kier molecular flexibility index (Phi) is 2.97. The van der Waals surface area contributed by atoms with Crippen molar-refractivity contribution in [1.29, 1.82) is 0 Å². The number of benzene rings is 2. The van der Waals surface area contributed by atoms with Crippen molar-refractivity contribution >= 4 is 17.7 Å². The molecule has 0 nitrogen and oxygen atoms in total. The Labute approximate surface area is 103 Å². The molecule has 0 aromatic heterocycles. The van der Waals surface area contributed by atoms with Gasteiger partial charge in [0.25, 0.3) is 0 Å². The third kappa shape index (κ3) is 1.83. The highest BCUT2D eigenvalue weighted by atomic mass is 14.1. The van der Waals surface area contributed by atoms with Gasteiger partial charge in [-0.15, -0.1) is 0 Å². The van der Waals surface area contributed by atoms with E-state index in [1.807, 2.05) is 0 Å². The van der Waals surface area contributed by atoms with E-state index in [-0.39, 0.29) is 7.43 Å². The molecule has 0 N–H and O–H groups in total. The Balaban J connectivity index is 0.00000108. The number of rotatable bonds is 0. The molecule has 17 heavy (non-hydrogen) atoms. The largest absolute Gasteiger partial charge is 0.0905 e. The Bertz CT molecular complexity index is 537. The normalized spacial score (nSPS) is 12.1. The maximum atomic E-state index is 4.22. The maximum Gasteiger partial charge on any atom is -0.0111 e. The van der Waals surface area contributed by atoms with Crippen LogP contribution in [0.25, 0.3) is 17.7 Å². The Morgan fingerprint density at radius 3 is 1.53 bits per heavy atom. The fourth-order valence-electron chi connectivity index (χ4n) is 2.16. The van der Waals surface area contributed by atoms with E-state index in [0.29, 0.717) is 0 Å². The van der Waals surface area contributed by atoms with Crippen molar-refractivity contribution < 1.29 is 0 Å². The summed E-state index contributed by atoms with van der Waals surface area (Å²) < 4.78 is 0. The Morgan fingerprint density at radius 2 is 1.06 bits per heavy atom. The van der Waals surface area contributed by atoms with Gasteiger partial charge in [0.05, 0.1) is 0 Å². The zero-order chi connectivity index (χ0) is 11.0. The lowest BCUT2D eigenvalue weighted by Crippen LogP contribution is -1.89. The quantitative estimate of drug-likeness (QED) is 0.507. The molecule has 0 saturated heterocycles. The van der Waals surface area contributed by atoms with Crippen molar-refractivity contribution in [2.75, 3.05) is 0 Å². The molecule has 1 aliphatic carbocycles. The van der Waals surface area contributed by atoms with Gasteiger partial charge in [-0.3, -0.25) is 0 Å². The van der Waals surface area contributed by atoms with Crippen molar-refractivity contribution in [3.05, 3.63) is 77.4 Å². The topological polar surface area (TPSA) is 0 Å². The lowest BCUT2D eigenvalue weighted by molar-refractivity contribution is 1.54. The SMILES string of the molecule is C.C=C1c2ccccc2C=Cc2ccccc21. The van der Waals surface area contributed by atoms with E-state index in [1.54, 1.807) is 0 Å². The average Bonchev–Trinajstić information content (AvgIpc) is 2.49. The van der Waals surface area contributed by atoms with Crippen LogP contribution in [0.2, 0.25) is 0 Å². The summed E-state index contributed by atoms with van der Waals surface area (Å²) >= 11 is 0. The first-order valence-corrected chi connectivity index (χ1v) is 5.42. The summed E-state index contributed by atoms with van der Waals surface area (Å²) in [5.74, 6) is 0. The predicted molar refractivity (Wildman–Crippen MR) is 76.7 cm³/mol. The number of fused-ring (bicyclic) bond motifs is 2. The van der Waals surface area contributed by atoms with Crippen LogP contribution in [0.1, 0.15) is 29.7 Å². The number of hydrogen-bond acceptors (Lipinski definition) is 0. The van der Waals surface area contributed by atoms with Gasteiger partial charge >= 0.3 is 0 Å². The van der Waals surface area contributed by atoms with E-state index in [0.717, 1.165) is 5.57 Å². The highest BCUT2D eigenvalue weighted by Crippen LogP contribution is 2.31. The summed E-state index contributed by atoms with van der Waals surface area (Å²) in [6.07, 6.45) is 4.32. The minimum atomic E-state index is 0. The van der Waals surface area contributed by atoms with Crippen LogP contribution in [0.4, 0.5) is 0 Å². The van der Waals surface area contributed by atoms with Crippen molar-refractivity contribution in [3.8, 4) is 0 Å².